The quantitative estimate of drug-likeness (QED) is 0.304. The molecule has 4 rings (SSSR count). The second kappa shape index (κ2) is 8.63. The summed E-state index contributed by atoms with van der Waals surface area (Å²) in [6.07, 6.45) is 0. The number of ether oxygens (including phenoxy) is 1. The fourth-order valence-electron chi connectivity index (χ4n) is 2.90. The van der Waals surface area contributed by atoms with E-state index in [0.29, 0.717) is 5.56 Å². The summed E-state index contributed by atoms with van der Waals surface area (Å²) in [5, 5.41) is 2.08. The van der Waals surface area contributed by atoms with E-state index in [-0.39, 0.29) is 12.6 Å². The lowest BCUT2D eigenvalue weighted by atomic mass is 10.1. The van der Waals surface area contributed by atoms with Crippen LogP contribution in [0.5, 0.6) is 0 Å². The van der Waals surface area contributed by atoms with Gasteiger partial charge in [-0.2, -0.15) is 0 Å². The largest absolute Gasteiger partial charge is 0.457 e. The molecule has 4 aromatic carbocycles. The molecule has 0 N–H and O–H groups in total. The smallest absolute Gasteiger partial charge is 0.339 e. The minimum atomic E-state index is -0.333. The average Bonchev–Trinajstić information content (AvgIpc) is 2.74. The average molecular weight is 449 g/mol. The minimum Gasteiger partial charge on any atom is -0.457 e. The van der Waals surface area contributed by atoms with E-state index in [1.54, 1.807) is 17.8 Å². The van der Waals surface area contributed by atoms with Gasteiger partial charge in [-0.3, -0.25) is 0 Å². The molecule has 0 aliphatic heterocycles. The second-order valence-corrected chi connectivity index (χ2v) is 8.22. The van der Waals surface area contributed by atoms with Crippen molar-refractivity contribution in [3.05, 3.63) is 107 Å². The molecular formula is C24H17BrO2S. The maximum Gasteiger partial charge on any atom is 0.339 e. The third kappa shape index (κ3) is 4.29. The van der Waals surface area contributed by atoms with Gasteiger partial charge in [0.15, 0.2) is 0 Å². The molecule has 4 aromatic rings. The normalized spacial score (nSPS) is 10.8. The van der Waals surface area contributed by atoms with Gasteiger partial charge in [0.2, 0.25) is 0 Å². The Hall–Kier alpha value is -2.56. The van der Waals surface area contributed by atoms with Crippen LogP contribution in [0.3, 0.4) is 0 Å². The minimum absolute atomic E-state index is 0.244. The fourth-order valence-corrected chi connectivity index (χ4v) is 4.39. The maximum absolute atomic E-state index is 12.5. The first-order valence-corrected chi connectivity index (χ1v) is 10.5. The van der Waals surface area contributed by atoms with Gasteiger partial charge in [-0.15, -0.1) is 0 Å². The van der Waals surface area contributed by atoms with Gasteiger partial charge in [-0.05, 0) is 62.6 Å². The van der Waals surface area contributed by atoms with Crippen LogP contribution in [-0.2, 0) is 11.3 Å². The van der Waals surface area contributed by atoms with Crippen LogP contribution in [0.25, 0.3) is 10.8 Å². The molecule has 4 heteroatoms. The molecule has 138 valence electrons. The van der Waals surface area contributed by atoms with Gasteiger partial charge in [-0.1, -0.05) is 72.4 Å². The van der Waals surface area contributed by atoms with Crippen molar-refractivity contribution in [2.75, 3.05) is 0 Å². The van der Waals surface area contributed by atoms with Crippen LogP contribution in [0.15, 0.2) is 105 Å². The molecule has 0 aromatic heterocycles. The van der Waals surface area contributed by atoms with Gasteiger partial charge < -0.3 is 4.74 Å². The first-order chi connectivity index (χ1) is 13.7. The molecular weight excluding hydrogens is 432 g/mol. The van der Waals surface area contributed by atoms with Crippen LogP contribution < -0.4 is 0 Å². The van der Waals surface area contributed by atoms with Crippen LogP contribution in [0, 0.1) is 0 Å². The Bertz CT molecular complexity index is 1110. The zero-order valence-corrected chi connectivity index (χ0v) is 17.4. The Balaban J connectivity index is 1.41. The molecule has 0 heterocycles. The summed E-state index contributed by atoms with van der Waals surface area (Å²) < 4.78 is 6.30. The van der Waals surface area contributed by atoms with E-state index in [9.17, 15) is 4.79 Å². The van der Waals surface area contributed by atoms with Gasteiger partial charge >= 0.3 is 5.97 Å². The summed E-state index contributed by atoms with van der Waals surface area (Å²) >= 11 is 5.25. The molecule has 0 amide bonds. The van der Waals surface area contributed by atoms with Crippen molar-refractivity contribution in [3.8, 4) is 0 Å². The highest BCUT2D eigenvalue weighted by atomic mass is 79.9. The molecule has 0 atom stereocenters. The van der Waals surface area contributed by atoms with Crippen LogP contribution >= 0.6 is 27.7 Å². The number of halogens is 1. The number of rotatable bonds is 5. The lowest BCUT2D eigenvalue weighted by molar-refractivity contribution is 0.0472. The molecule has 0 fully saturated rings. The van der Waals surface area contributed by atoms with Crippen molar-refractivity contribution in [1.82, 2.24) is 0 Å². The van der Waals surface area contributed by atoms with Crippen LogP contribution in [0.4, 0.5) is 0 Å². The van der Waals surface area contributed by atoms with E-state index in [4.69, 9.17) is 4.74 Å². The standard InChI is InChI=1S/C24H17BrO2S/c25-23-21-9-5-4-6-18(21)12-15-22(23)24(26)27-16-17-10-13-20(14-11-17)28-19-7-2-1-3-8-19/h1-15H,16H2. The number of esters is 1. The molecule has 2 nitrogen and oxygen atoms in total. The van der Waals surface area contributed by atoms with Gasteiger partial charge in [-0.25, -0.2) is 4.79 Å². The Morgan fingerprint density at radius 2 is 1.46 bits per heavy atom. The van der Waals surface area contributed by atoms with Crippen molar-refractivity contribution >= 4 is 44.4 Å². The number of hydrogen-bond acceptors (Lipinski definition) is 3. The SMILES string of the molecule is O=C(OCc1ccc(Sc2ccccc2)cc1)c1ccc2ccccc2c1Br. The summed E-state index contributed by atoms with van der Waals surface area (Å²) in [5.41, 5.74) is 1.50. The number of carbonyl (C=O) groups is 1. The van der Waals surface area contributed by atoms with Gasteiger partial charge in [0.1, 0.15) is 6.61 Å². The van der Waals surface area contributed by atoms with Crippen molar-refractivity contribution in [2.24, 2.45) is 0 Å². The van der Waals surface area contributed by atoms with E-state index >= 15 is 0 Å². The van der Waals surface area contributed by atoms with Gasteiger partial charge in [0.25, 0.3) is 0 Å². The number of benzene rings is 4. The summed E-state index contributed by atoms with van der Waals surface area (Å²) in [4.78, 5) is 14.9. The molecule has 0 radical (unpaired) electrons. The van der Waals surface area contributed by atoms with Gasteiger partial charge in [0, 0.05) is 14.3 Å². The lowest BCUT2D eigenvalue weighted by Gasteiger charge is -2.09. The van der Waals surface area contributed by atoms with E-state index in [0.717, 1.165) is 25.7 Å². The molecule has 0 aliphatic rings. The zero-order chi connectivity index (χ0) is 19.3. The highest BCUT2D eigenvalue weighted by molar-refractivity contribution is 9.10. The summed E-state index contributed by atoms with van der Waals surface area (Å²) in [5.74, 6) is -0.333. The molecule has 0 aliphatic carbocycles. The third-order valence-electron chi connectivity index (χ3n) is 4.36. The topological polar surface area (TPSA) is 26.3 Å². The van der Waals surface area contributed by atoms with Gasteiger partial charge in [0.05, 0.1) is 5.56 Å². The first-order valence-electron chi connectivity index (χ1n) is 8.87. The third-order valence-corrected chi connectivity index (χ3v) is 6.23. The molecule has 0 unspecified atom stereocenters. The fraction of sp³-hybridized carbons (Fsp3) is 0.0417. The summed E-state index contributed by atoms with van der Waals surface area (Å²) in [6, 6.07) is 30.0. The number of hydrogen-bond donors (Lipinski definition) is 0. The maximum atomic E-state index is 12.5. The number of fused-ring (bicyclic) bond motifs is 1. The first kappa shape index (κ1) is 18.8. The lowest BCUT2D eigenvalue weighted by Crippen LogP contribution is -2.06. The van der Waals surface area contributed by atoms with E-state index < -0.39 is 0 Å². The molecule has 0 saturated heterocycles. The Morgan fingerprint density at radius 3 is 2.25 bits per heavy atom. The molecule has 28 heavy (non-hydrogen) atoms. The summed E-state index contributed by atoms with van der Waals surface area (Å²) in [6.45, 7) is 0.244. The van der Waals surface area contributed by atoms with Crippen molar-refractivity contribution in [1.29, 1.82) is 0 Å². The van der Waals surface area contributed by atoms with Crippen molar-refractivity contribution in [2.45, 2.75) is 16.4 Å². The van der Waals surface area contributed by atoms with Crippen LogP contribution in [-0.4, -0.2) is 5.97 Å². The van der Waals surface area contributed by atoms with Crippen molar-refractivity contribution < 1.29 is 9.53 Å². The predicted octanol–water partition coefficient (Wildman–Crippen LogP) is 7.11. The number of carbonyl (C=O) groups excluding carboxylic acids is 1. The Labute approximate surface area is 176 Å². The summed E-state index contributed by atoms with van der Waals surface area (Å²) in [7, 11) is 0. The molecule has 0 saturated carbocycles. The monoisotopic (exact) mass is 448 g/mol. The van der Waals surface area contributed by atoms with E-state index in [2.05, 4.69) is 28.1 Å². The van der Waals surface area contributed by atoms with Crippen LogP contribution in [0.2, 0.25) is 0 Å². The predicted molar refractivity (Wildman–Crippen MR) is 118 cm³/mol. The Morgan fingerprint density at radius 1 is 0.786 bits per heavy atom. The molecule has 0 spiro atoms. The highest BCUT2D eigenvalue weighted by Crippen LogP contribution is 2.29. The Kier molecular flexibility index (Phi) is 5.79. The van der Waals surface area contributed by atoms with E-state index in [1.165, 1.54) is 4.90 Å². The van der Waals surface area contributed by atoms with Crippen LogP contribution in [0.1, 0.15) is 15.9 Å². The van der Waals surface area contributed by atoms with Crippen molar-refractivity contribution in [3.63, 3.8) is 0 Å². The zero-order valence-electron chi connectivity index (χ0n) is 15.0. The molecule has 0 bridgehead atoms. The van der Waals surface area contributed by atoms with E-state index in [1.807, 2.05) is 72.8 Å². The second-order valence-electron chi connectivity index (χ2n) is 6.28. The highest BCUT2D eigenvalue weighted by Gasteiger charge is 2.14.